The Balaban J connectivity index is 2.92. The average Bonchev–Trinajstić information content (AvgIpc) is 2.40. The molecule has 1 saturated heterocycles. The van der Waals surface area contributed by atoms with Gasteiger partial charge in [0.05, 0.1) is 0 Å². The molecule has 4 heteroatoms. The number of Topliss-reactive ketones (excluding diaryl/α,β-unsaturated/α-hetero) is 1. The van der Waals surface area contributed by atoms with E-state index in [0.29, 0.717) is 25.9 Å². The number of carbonyl (C=O) groups excluding carboxylic acids is 2. The Bertz CT molecular complexity index is 397. The number of ketones is 1. The van der Waals surface area contributed by atoms with Gasteiger partial charge >= 0.3 is 6.09 Å². The molecular weight excluding hydrogens is 254 g/mol. The molecule has 0 aromatic carbocycles. The van der Waals surface area contributed by atoms with Crippen molar-refractivity contribution in [2.24, 2.45) is 11.3 Å². The van der Waals surface area contributed by atoms with Crippen molar-refractivity contribution in [1.82, 2.24) is 4.90 Å². The number of hydrogen-bond donors (Lipinski definition) is 0. The molecule has 4 nitrogen and oxygen atoms in total. The highest BCUT2D eigenvalue weighted by molar-refractivity contribution is 5.87. The van der Waals surface area contributed by atoms with E-state index in [-0.39, 0.29) is 17.8 Å². The summed E-state index contributed by atoms with van der Waals surface area (Å²) in [4.78, 5) is 26.4. The quantitative estimate of drug-likeness (QED) is 0.729. The highest BCUT2D eigenvalue weighted by Crippen LogP contribution is 2.33. The summed E-state index contributed by atoms with van der Waals surface area (Å²) in [6, 6.07) is 0. The van der Waals surface area contributed by atoms with E-state index in [1.54, 1.807) is 11.0 Å². The number of ether oxygens (including phenoxy) is 1. The number of carbonyl (C=O) groups is 2. The van der Waals surface area contributed by atoms with Gasteiger partial charge in [-0.05, 0) is 33.6 Å². The van der Waals surface area contributed by atoms with Crippen LogP contribution in [0.3, 0.4) is 0 Å². The topological polar surface area (TPSA) is 46.6 Å². The summed E-state index contributed by atoms with van der Waals surface area (Å²) in [5.41, 5.74) is -1.08. The zero-order valence-corrected chi connectivity index (χ0v) is 13.4. The smallest absolute Gasteiger partial charge is 0.410 e. The van der Waals surface area contributed by atoms with Gasteiger partial charge in [-0.1, -0.05) is 19.9 Å². The molecule has 1 unspecified atom stereocenters. The fourth-order valence-electron chi connectivity index (χ4n) is 2.62. The second-order valence-corrected chi connectivity index (χ2v) is 7.01. The van der Waals surface area contributed by atoms with Crippen LogP contribution in [0.15, 0.2) is 12.7 Å². The first kappa shape index (κ1) is 16.7. The second kappa shape index (κ2) is 5.98. The molecule has 1 aliphatic heterocycles. The monoisotopic (exact) mass is 281 g/mol. The van der Waals surface area contributed by atoms with Crippen LogP contribution in [0, 0.1) is 11.3 Å². The summed E-state index contributed by atoms with van der Waals surface area (Å²) in [7, 11) is 0. The zero-order valence-electron chi connectivity index (χ0n) is 13.4. The van der Waals surface area contributed by atoms with Gasteiger partial charge in [0.15, 0.2) is 0 Å². The van der Waals surface area contributed by atoms with Crippen LogP contribution in [0.4, 0.5) is 4.79 Å². The summed E-state index contributed by atoms with van der Waals surface area (Å²) in [6.45, 7) is 14.1. The van der Waals surface area contributed by atoms with Gasteiger partial charge in [0.1, 0.15) is 11.4 Å². The van der Waals surface area contributed by atoms with E-state index in [2.05, 4.69) is 6.58 Å². The predicted octanol–water partition coefficient (Wildman–Crippen LogP) is 3.41. The highest BCUT2D eigenvalue weighted by Gasteiger charge is 2.41. The summed E-state index contributed by atoms with van der Waals surface area (Å²) in [6.07, 6.45) is 2.68. The Morgan fingerprint density at radius 2 is 2.15 bits per heavy atom. The lowest BCUT2D eigenvalue weighted by atomic mass is 9.77. The molecule has 1 heterocycles. The van der Waals surface area contributed by atoms with Crippen molar-refractivity contribution >= 4 is 11.9 Å². The van der Waals surface area contributed by atoms with Gasteiger partial charge in [0.25, 0.3) is 0 Å². The fourth-order valence-corrected chi connectivity index (χ4v) is 2.62. The number of amides is 1. The van der Waals surface area contributed by atoms with Gasteiger partial charge in [0.2, 0.25) is 0 Å². The van der Waals surface area contributed by atoms with Crippen LogP contribution >= 0.6 is 0 Å². The molecule has 1 amide bonds. The molecule has 0 aliphatic carbocycles. The minimum Gasteiger partial charge on any atom is -0.444 e. The second-order valence-electron chi connectivity index (χ2n) is 7.01. The van der Waals surface area contributed by atoms with Crippen LogP contribution in [0.1, 0.15) is 47.5 Å². The molecule has 0 radical (unpaired) electrons. The van der Waals surface area contributed by atoms with Crippen molar-refractivity contribution in [1.29, 1.82) is 0 Å². The molecule has 0 aromatic heterocycles. The molecule has 2 atom stereocenters. The van der Waals surface area contributed by atoms with Crippen LogP contribution in [-0.2, 0) is 9.53 Å². The van der Waals surface area contributed by atoms with Gasteiger partial charge < -0.3 is 9.64 Å². The number of rotatable bonds is 2. The maximum atomic E-state index is 12.5. The first-order valence-corrected chi connectivity index (χ1v) is 7.22. The minimum absolute atomic E-state index is 0.0348. The van der Waals surface area contributed by atoms with Gasteiger partial charge in [0, 0.05) is 24.4 Å². The van der Waals surface area contributed by atoms with Crippen LogP contribution < -0.4 is 0 Å². The zero-order chi connectivity index (χ0) is 15.6. The third-order valence-corrected chi connectivity index (χ3v) is 3.66. The highest BCUT2D eigenvalue weighted by atomic mass is 16.6. The lowest BCUT2D eigenvalue weighted by Crippen LogP contribution is -2.44. The molecule has 0 saturated carbocycles. The Hall–Kier alpha value is -1.32. The molecule has 1 fully saturated rings. The minimum atomic E-state index is -0.561. The molecule has 114 valence electrons. The van der Waals surface area contributed by atoms with E-state index in [4.69, 9.17) is 4.74 Å². The average molecular weight is 281 g/mol. The van der Waals surface area contributed by atoms with Crippen LogP contribution in [0.5, 0.6) is 0 Å². The Labute approximate surface area is 122 Å². The van der Waals surface area contributed by atoms with E-state index in [1.807, 2.05) is 34.6 Å². The maximum Gasteiger partial charge on any atom is 0.410 e. The van der Waals surface area contributed by atoms with Crippen molar-refractivity contribution in [3.63, 3.8) is 0 Å². The molecule has 0 N–H and O–H groups in total. The third kappa shape index (κ3) is 4.09. The number of hydrogen-bond acceptors (Lipinski definition) is 3. The van der Waals surface area contributed by atoms with E-state index in [0.717, 1.165) is 0 Å². The first-order chi connectivity index (χ1) is 9.09. The third-order valence-electron chi connectivity index (χ3n) is 3.66. The van der Waals surface area contributed by atoms with Crippen molar-refractivity contribution in [2.75, 3.05) is 13.1 Å². The van der Waals surface area contributed by atoms with E-state index >= 15 is 0 Å². The van der Waals surface area contributed by atoms with Crippen molar-refractivity contribution in [3.05, 3.63) is 12.7 Å². The summed E-state index contributed by atoms with van der Waals surface area (Å²) < 4.78 is 5.42. The largest absolute Gasteiger partial charge is 0.444 e. The molecular formula is C16H27NO3. The van der Waals surface area contributed by atoms with Gasteiger partial charge in [-0.25, -0.2) is 4.79 Å². The lowest BCUT2D eigenvalue weighted by molar-refractivity contribution is -0.131. The Kier molecular flexibility index (Phi) is 5.00. The van der Waals surface area contributed by atoms with E-state index < -0.39 is 11.0 Å². The van der Waals surface area contributed by atoms with Gasteiger partial charge in [-0.15, -0.1) is 6.58 Å². The standard InChI is InChI=1S/C16H27NO3/c1-7-9-16(6)11-17(10-8-12(2)13(16)18)14(19)20-15(3,4)5/h7,12H,1,8-11H2,2-6H3/t12?,16-/m1/s1. The number of nitrogens with zero attached hydrogens (tertiary/aromatic N) is 1. The number of likely N-dealkylation sites (tertiary alicyclic amines) is 1. The Morgan fingerprint density at radius 1 is 1.55 bits per heavy atom. The SMILES string of the molecule is C=CC[C@]1(C)CN(C(=O)OC(C)(C)C)CCC(C)C1=O. The van der Waals surface area contributed by atoms with E-state index in [9.17, 15) is 9.59 Å². The maximum absolute atomic E-state index is 12.5. The Morgan fingerprint density at radius 3 is 2.65 bits per heavy atom. The van der Waals surface area contributed by atoms with Crippen molar-refractivity contribution in [2.45, 2.75) is 53.1 Å². The van der Waals surface area contributed by atoms with Crippen LogP contribution in [0.2, 0.25) is 0 Å². The lowest BCUT2D eigenvalue weighted by Gasteiger charge is -2.32. The van der Waals surface area contributed by atoms with Gasteiger partial charge in [-0.3, -0.25) is 4.79 Å². The first-order valence-electron chi connectivity index (χ1n) is 7.22. The molecule has 1 aliphatic rings. The summed E-state index contributed by atoms with van der Waals surface area (Å²) in [5, 5.41) is 0. The van der Waals surface area contributed by atoms with E-state index in [1.165, 1.54) is 0 Å². The molecule has 0 aromatic rings. The normalized spacial score (nSPS) is 27.9. The molecule has 1 rings (SSSR count). The van der Waals surface area contributed by atoms with Crippen molar-refractivity contribution in [3.8, 4) is 0 Å². The molecule has 0 bridgehead atoms. The summed E-state index contributed by atoms with van der Waals surface area (Å²) >= 11 is 0. The molecule has 0 spiro atoms. The fraction of sp³-hybridized carbons (Fsp3) is 0.750. The summed E-state index contributed by atoms with van der Waals surface area (Å²) in [5.74, 6) is 0.177. The number of allylic oxidation sites excluding steroid dienone is 1. The van der Waals surface area contributed by atoms with Crippen LogP contribution in [0.25, 0.3) is 0 Å². The van der Waals surface area contributed by atoms with Gasteiger partial charge in [-0.2, -0.15) is 0 Å². The van der Waals surface area contributed by atoms with Crippen LogP contribution in [-0.4, -0.2) is 35.5 Å². The predicted molar refractivity (Wildman–Crippen MR) is 79.5 cm³/mol. The van der Waals surface area contributed by atoms with Crippen molar-refractivity contribution < 1.29 is 14.3 Å². The molecule has 20 heavy (non-hydrogen) atoms.